The average molecular weight is 389 g/mol. The molecule has 4 rings (SSSR count). The van der Waals surface area contributed by atoms with Crippen LogP contribution in [0.4, 0.5) is 5.69 Å². The number of halogens is 1. The lowest BCUT2D eigenvalue weighted by Gasteiger charge is -2.33. The number of carbonyl (C=O) groups excluding carboxylic acids is 1. The van der Waals surface area contributed by atoms with E-state index in [2.05, 4.69) is 36.3 Å². The Morgan fingerprint density at radius 3 is 2.73 bits per heavy atom. The van der Waals surface area contributed by atoms with Crippen molar-refractivity contribution < 1.29 is 4.79 Å². The molecular formula is C19H21ClN4OS. The zero-order chi connectivity index (χ0) is 18.5. The highest BCUT2D eigenvalue weighted by Gasteiger charge is 2.61. The predicted octanol–water partition coefficient (Wildman–Crippen LogP) is 4.43. The number of hydrogen-bond acceptors (Lipinski definition) is 5. The van der Waals surface area contributed by atoms with Gasteiger partial charge < -0.3 is 5.32 Å². The van der Waals surface area contributed by atoms with Crippen molar-refractivity contribution in [2.24, 2.45) is 5.41 Å². The van der Waals surface area contributed by atoms with Crippen LogP contribution in [-0.2, 0) is 10.2 Å². The molecule has 1 aromatic carbocycles. The van der Waals surface area contributed by atoms with E-state index in [0.29, 0.717) is 16.1 Å². The predicted molar refractivity (Wildman–Crippen MR) is 104 cm³/mol. The monoisotopic (exact) mass is 388 g/mol. The summed E-state index contributed by atoms with van der Waals surface area (Å²) in [5.41, 5.74) is 3.06. The molecule has 2 aliphatic rings. The van der Waals surface area contributed by atoms with E-state index in [9.17, 15) is 4.79 Å². The maximum atomic E-state index is 12.2. The van der Waals surface area contributed by atoms with Crippen molar-refractivity contribution in [1.82, 2.24) is 15.2 Å². The van der Waals surface area contributed by atoms with Gasteiger partial charge in [0.1, 0.15) is 0 Å². The molecule has 1 amide bonds. The van der Waals surface area contributed by atoms with Crippen LogP contribution < -0.4 is 5.32 Å². The molecular weight excluding hydrogens is 368 g/mol. The smallest absolute Gasteiger partial charge is 0.234 e. The molecule has 0 saturated heterocycles. The van der Waals surface area contributed by atoms with Crippen molar-refractivity contribution in [3.63, 3.8) is 0 Å². The van der Waals surface area contributed by atoms with Crippen molar-refractivity contribution in [1.29, 1.82) is 0 Å². The minimum absolute atomic E-state index is 0.0455. The van der Waals surface area contributed by atoms with E-state index >= 15 is 0 Å². The molecule has 2 aromatic rings. The third-order valence-corrected chi connectivity index (χ3v) is 7.32. The number of rotatable bonds is 4. The fraction of sp³-hybridized carbons (Fsp3) is 0.474. The van der Waals surface area contributed by atoms with E-state index in [0.717, 1.165) is 29.9 Å². The first-order valence-electron chi connectivity index (χ1n) is 8.74. The number of amides is 1. The number of nitrogens with zero attached hydrogens (tertiary/aromatic N) is 3. The lowest BCUT2D eigenvalue weighted by atomic mass is 9.70. The zero-order valence-electron chi connectivity index (χ0n) is 15.0. The van der Waals surface area contributed by atoms with Gasteiger partial charge in [0.15, 0.2) is 0 Å². The minimum Gasteiger partial charge on any atom is -0.325 e. The average Bonchev–Trinajstić information content (AvgIpc) is 2.94. The van der Waals surface area contributed by atoms with Crippen molar-refractivity contribution >= 4 is 35.0 Å². The first-order valence-corrected chi connectivity index (χ1v) is 10.1. The molecule has 7 heteroatoms. The van der Waals surface area contributed by atoms with E-state index in [1.54, 1.807) is 24.3 Å². The van der Waals surface area contributed by atoms with Crippen molar-refractivity contribution in [2.45, 2.75) is 50.1 Å². The maximum absolute atomic E-state index is 12.2. The van der Waals surface area contributed by atoms with Gasteiger partial charge in [-0.1, -0.05) is 44.1 Å². The van der Waals surface area contributed by atoms with Crippen LogP contribution in [0.5, 0.6) is 0 Å². The molecule has 1 aromatic heterocycles. The molecule has 1 N–H and O–H groups in total. The third kappa shape index (κ3) is 2.70. The van der Waals surface area contributed by atoms with Crippen LogP contribution in [-0.4, -0.2) is 26.8 Å². The van der Waals surface area contributed by atoms with E-state index in [1.165, 1.54) is 11.8 Å². The Bertz CT molecular complexity index is 870. The molecule has 0 unspecified atom stereocenters. The molecule has 0 spiro atoms. The van der Waals surface area contributed by atoms with Gasteiger partial charge in [0, 0.05) is 22.0 Å². The van der Waals surface area contributed by atoms with Gasteiger partial charge >= 0.3 is 0 Å². The van der Waals surface area contributed by atoms with Crippen LogP contribution in [0, 0.1) is 5.41 Å². The molecule has 1 saturated carbocycles. The van der Waals surface area contributed by atoms with Crippen LogP contribution in [0.3, 0.4) is 0 Å². The van der Waals surface area contributed by atoms with Crippen molar-refractivity contribution in [2.75, 3.05) is 11.1 Å². The maximum Gasteiger partial charge on any atom is 0.234 e. The number of thioether (sulfide) groups is 1. The van der Waals surface area contributed by atoms with Crippen molar-refractivity contribution in [3.05, 3.63) is 40.7 Å². The van der Waals surface area contributed by atoms with Gasteiger partial charge in [-0.3, -0.25) is 4.79 Å². The second-order valence-electron chi connectivity index (χ2n) is 7.82. The highest BCUT2D eigenvalue weighted by Crippen LogP contribution is 2.66. The number of hydrogen-bond donors (Lipinski definition) is 1. The van der Waals surface area contributed by atoms with Gasteiger partial charge in [0.25, 0.3) is 0 Å². The summed E-state index contributed by atoms with van der Waals surface area (Å²) < 4.78 is 0. The number of aromatic nitrogens is 3. The quantitative estimate of drug-likeness (QED) is 0.784. The summed E-state index contributed by atoms with van der Waals surface area (Å²) in [5, 5.41) is 12.8. The summed E-state index contributed by atoms with van der Waals surface area (Å²) in [7, 11) is 0. The number of benzene rings is 1. The molecule has 1 fully saturated rings. The normalized spacial score (nSPS) is 25.2. The second-order valence-corrected chi connectivity index (χ2v) is 9.20. The third-order valence-electron chi connectivity index (χ3n) is 6.23. The first kappa shape index (κ1) is 17.7. The van der Waals surface area contributed by atoms with Gasteiger partial charge in [-0.25, -0.2) is 4.98 Å². The molecule has 0 aliphatic heterocycles. The van der Waals surface area contributed by atoms with Crippen LogP contribution >= 0.6 is 23.4 Å². The van der Waals surface area contributed by atoms with Gasteiger partial charge in [-0.15, -0.1) is 5.10 Å². The SMILES string of the molecule is CC1(C)[C@H]2CC[C@@]1(C)c1nc(SCC(=O)Nc3ccc(Cl)cc3)nnc12. The summed E-state index contributed by atoms with van der Waals surface area (Å²) in [6.45, 7) is 6.90. The Hall–Kier alpha value is -1.66. The number of nitrogens with one attached hydrogen (secondary N) is 1. The van der Waals surface area contributed by atoms with Crippen LogP contribution in [0.15, 0.2) is 29.4 Å². The van der Waals surface area contributed by atoms with Gasteiger partial charge in [0.2, 0.25) is 11.1 Å². The Labute approximate surface area is 162 Å². The highest BCUT2D eigenvalue weighted by atomic mass is 35.5. The van der Waals surface area contributed by atoms with Crippen LogP contribution in [0.1, 0.15) is 50.9 Å². The lowest BCUT2D eigenvalue weighted by Crippen LogP contribution is -2.32. The fourth-order valence-electron chi connectivity index (χ4n) is 4.28. The van der Waals surface area contributed by atoms with E-state index in [-0.39, 0.29) is 22.5 Å². The first-order chi connectivity index (χ1) is 12.3. The van der Waals surface area contributed by atoms with E-state index in [1.807, 2.05) is 0 Å². The lowest BCUT2D eigenvalue weighted by molar-refractivity contribution is -0.113. The number of fused-ring (bicyclic) bond motifs is 5. The molecule has 2 atom stereocenters. The molecule has 5 nitrogen and oxygen atoms in total. The Morgan fingerprint density at radius 1 is 1.27 bits per heavy atom. The molecule has 26 heavy (non-hydrogen) atoms. The Balaban J connectivity index is 1.45. The Kier molecular flexibility index (Phi) is 4.23. The van der Waals surface area contributed by atoms with Crippen molar-refractivity contribution in [3.8, 4) is 0 Å². The standard InChI is InChI=1S/C19H21ClN4OS/c1-18(2)13-8-9-19(18,3)16-15(13)23-24-17(22-16)26-10-14(25)21-12-6-4-11(20)5-7-12/h4-7,13H,8-10H2,1-3H3,(H,21,25)/t13-,19-/m0/s1. The number of anilines is 1. The van der Waals surface area contributed by atoms with Gasteiger partial charge in [0.05, 0.1) is 17.1 Å². The summed E-state index contributed by atoms with van der Waals surface area (Å²) >= 11 is 7.17. The Morgan fingerprint density at radius 2 is 2.00 bits per heavy atom. The summed E-state index contributed by atoms with van der Waals surface area (Å²) in [6.07, 6.45) is 2.29. The summed E-state index contributed by atoms with van der Waals surface area (Å²) in [4.78, 5) is 16.9. The largest absolute Gasteiger partial charge is 0.325 e. The van der Waals surface area contributed by atoms with Crippen LogP contribution in [0.2, 0.25) is 5.02 Å². The topological polar surface area (TPSA) is 67.8 Å². The van der Waals surface area contributed by atoms with Gasteiger partial charge in [-0.2, -0.15) is 5.10 Å². The molecule has 2 bridgehead atoms. The molecule has 136 valence electrons. The zero-order valence-corrected chi connectivity index (χ0v) is 16.6. The minimum atomic E-state index is -0.102. The molecule has 1 heterocycles. The number of carbonyl (C=O) groups is 1. The molecule has 2 aliphatic carbocycles. The second kappa shape index (κ2) is 6.20. The summed E-state index contributed by atoms with van der Waals surface area (Å²) in [6, 6.07) is 7.04. The summed E-state index contributed by atoms with van der Waals surface area (Å²) in [5.74, 6) is 0.580. The van der Waals surface area contributed by atoms with Gasteiger partial charge in [-0.05, 0) is 42.5 Å². The highest BCUT2D eigenvalue weighted by molar-refractivity contribution is 7.99. The van der Waals surface area contributed by atoms with Crippen LogP contribution in [0.25, 0.3) is 0 Å². The van der Waals surface area contributed by atoms with E-state index < -0.39 is 0 Å². The molecule has 0 radical (unpaired) electrons. The fourth-order valence-corrected chi connectivity index (χ4v) is 5.00. The van der Waals surface area contributed by atoms with E-state index in [4.69, 9.17) is 16.6 Å².